The van der Waals surface area contributed by atoms with Crippen molar-refractivity contribution >= 4 is 55.8 Å². The number of carbonyl (C=O) groups excluding carboxylic acids is 1. The summed E-state index contributed by atoms with van der Waals surface area (Å²) in [7, 11) is -2.30. The molecule has 0 aliphatic rings. The molecule has 0 unspecified atom stereocenters. The molecular formula is C36H38ClN3O7S. The largest absolute Gasteiger partial charge is 0.475 e. The fourth-order valence-electron chi connectivity index (χ4n) is 5.93. The summed E-state index contributed by atoms with van der Waals surface area (Å²) >= 11 is 6.45. The van der Waals surface area contributed by atoms with Crippen molar-refractivity contribution < 1.29 is 31.9 Å². The van der Waals surface area contributed by atoms with E-state index in [-0.39, 0.29) is 36.2 Å². The lowest BCUT2D eigenvalue weighted by Gasteiger charge is -2.30. The first-order valence-electron chi connectivity index (χ1n) is 15.6. The molecule has 2 aromatic heterocycles. The van der Waals surface area contributed by atoms with Gasteiger partial charge in [-0.15, -0.1) is 0 Å². The summed E-state index contributed by atoms with van der Waals surface area (Å²) in [4.78, 5) is 29.5. The third-order valence-corrected chi connectivity index (χ3v) is 10.8. The van der Waals surface area contributed by atoms with Crippen molar-refractivity contribution in [2.45, 2.75) is 52.1 Å². The zero-order valence-corrected chi connectivity index (χ0v) is 29.1. The number of carbonyl (C=O) groups is 2. The fourth-order valence-corrected chi connectivity index (χ4v) is 7.95. The van der Waals surface area contributed by atoms with Gasteiger partial charge >= 0.3 is 5.97 Å². The van der Waals surface area contributed by atoms with E-state index in [1.807, 2.05) is 44.0 Å². The molecule has 0 spiro atoms. The van der Waals surface area contributed by atoms with Gasteiger partial charge in [0.15, 0.2) is 0 Å². The number of halogens is 1. The van der Waals surface area contributed by atoms with Crippen molar-refractivity contribution in [3.63, 3.8) is 0 Å². The van der Waals surface area contributed by atoms with Crippen LogP contribution in [-0.4, -0.2) is 50.4 Å². The van der Waals surface area contributed by atoms with Gasteiger partial charge in [0.1, 0.15) is 11.3 Å². The summed E-state index contributed by atoms with van der Waals surface area (Å²) in [6, 6.07) is 18.8. The van der Waals surface area contributed by atoms with Crippen LogP contribution in [0.2, 0.25) is 5.02 Å². The maximum absolute atomic E-state index is 14.7. The van der Waals surface area contributed by atoms with Gasteiger partial charge < -0.3 is 23.7 Å². The molecule has 10 nitrogen and oxygen atoms in total. The molecule has 12 heteroatoms. The Labute approximate surface area is 285 Å². The fraction of sp³-hybridized carbons (Fsp3) is 0.278. The van der Waals surface area contributed by atoms with Gasteiger partial charge in [0.2, 0.25) is 5.76 Å². The number of hydrogen-bond donors (Lipinski definition) is 1. The number of carboxylic acids is 1. The average molecular weight is 692 g/mol. The van der Waals surface area contributed by atoms with Crippen molar-refractivity contribution in [3.8, 4) is 0 Å². The predicted molar refractivity (Wildman–Crippen MR) is 187 cm³/mol. The third-order valence-electron chi connectivity index (χ3n) is 8.49. The van der Waals surface area contributed by atoms with Crippen LogP contribution in [0.15, 0.2) is 86.7 Å². The minimum atomic E-state index is -4.22. The van der Waals surface area contributed by atoms with Crippen molar-refractivity contribution in [2.24, 2.45) is 0 Å². The van der Waals surface area contributed by atoms with Gasteiger partial charge in [0.05, 0.1) is 34.0 Å². The first-order chi connectivity index (χ1) is 22.9. The van der Waals surface area contributed by atoms with E-state index in [2.05, 4.69) is 0 Å². The van der Waals surface area contributed by atoms with E-state index < -0.39 is 16.0 Å². The molecule has 5 aromatic rings. The van der Waals surface area contributed by atoms with Crippen LogP contribution in [0.25, 0.3) is 11.0 Å². The Bertz CT molecular complexity index is 2070. The van der Waals surface area contributed by atoms with E-state index in [0.29, 0.717) is 62.7 Å². The highest BCUT2D eigenvalue weighted by atomic mass is 35.5. The molecule has 0 atom stereocenters. The van der Waals surface area contributed by atoms with Crippen LogP contribution in [0.1, 0.15) is 64.1 Å². The molecule has 3 aromatic carbocycles. The number of fused-ring (bicyclic) bond motifs is 1. The predicted octanol–water partition coefficient (Wildman–Crippen LogP) is 7.76. The highest BCUT2D eigenvalue weighted by molar-refractivity contribution is 7.93. The topological polar surface area (TPSA) is 125 Å². The van der Waals surface area contributed by atoms with Crippen LogP contribution in [0.4, 0.5) is 11.4 Å². The number of sulfonamides is 1. The third kappa shape index (κ3) is 6.52. The van der Waals surface area contributed by atoms with Crippen LogP contribution in [0.5, 0.6) is 0 Å². The summed E-state index contributed by atoms with van der Waals surface area (Å²) < 4.78 is 42.0. The van der Waals surface area contributed by atoms with Gasteiger partial charge in [-0.05, 0) is 86.8 Å². The average Bonchev–Trinajstić information content (AvgIpc) is 3.72. The number of rotatable bonds is 13. The quantitative estimate of drug-likeness (QED) is 0.133. The van der Waals surface area contributed by atoms with E-state index in [4.69, 9.17) is 20.4 Å². The molecule has 48 heavy (non-hydrogen) atoms. The number of benzene rings is 3. The normalized spacial score (nSPS) is 11.5. The lowest BCUT2D eigenvalue weighted by Crippen LogP contribution is -2.35. The number of hydrogen-bond acceptors (Lipinski definition) is 7. The highest BCUT2D eigenvalue weighted by Gasteiger charge is 2.32. The van der Waals surface area contributed by atoms with Crippen LogP contribution in [0, 0.1) is 6.92 Å². The SMILES string of the molecule is CCc1c(S(=O)(=O)N(CC)c2cc(N(C)CC)ccc2CN(Cc2ccco2)C(=O)c2ccccc2Cl)ccc2oc(C(=O)O)c(C)c12. The van der Waals surface area contributed by atoms with Crippen molar-refractivity contribution in [1.82, 2.24) is 4.90 Å². The van der Waals surface area contributed by atoms with Gasteiger partial charge in [-0.3, -0.25) is 9.10 Å². The number of aromatic carboxylic acids is 1. The minimum Gasteiger partial charge on any atom is -0.475 e. The molecule has 0 aliphatic heterocycles. The number of aryl methyl sites for hydroxylation is 2. The molecule has 0 saturated heterocycles. The Morgan fingerprint density at radius 1 is 0.938 bits per heavy atom. The molecule has 1 amide bonds. The molecule has 0 bridgehead atoms. The second kappa shape index (κ2) is 14.2. The Kier molecular flexibility index (Phi) is 10.2. The molecule has 0 saturated carbocycles. The zero-order valence-electron chi connectivity index (χ0n) is 27.5. The van der Waals surface area contributed by atoms with Gasteiger partial charge in [0, 0.05) is 43.3 Å². The summed E-state index contributed by atoms with van der Waals surface area (Å²) in [5, 5.41) is 10.4. The van der Waals surface area contributed by atoms with Crippen LogP contribution in [-0.2, 0) is 29.5 Å². The molecular weight excluding hydrogens is 654 g/mol. The second-order valence-electron chi connectivity index (χ2n) is 11.3. The van der Waals surface area contributed by atoms with Crippen molar-refractivity contribution in [2.75, 3.05) is 29.3 Å². The van der Waals surface area contributed by atoms with E-state index in [9.17, 15) is 23.1 Å². The summed E-state index contributed by atoms with van der Waals surface area (Å²) in [6.45, 7) is 8.12. The smallest absolute Gasteiger partial charge is 0.372 e. The Hall–Kier alpha value is -4.74. The van der Waals surface area contributed by atoms with Gasteiger partial charge in [-0.1, -0.05) is 36.7 Å². The van der Waals surface area contributed by atoms with Gasteiger partial charge in [0.25, 0.3) is 15.9 Å². The van der Waals surface area contributed by atoms with Crippen LogP contribution >= 0.6 is 11.6 Å². The Morgan fingerprint density at radius 2 is 1.69 bits per heavy atom. The van der Waals surface area contributed by atoms with E-state index in [1.165, 1.54) is 22.7 Å². The van der Waals surface area contributed by atoms with E-state index in [1.54, 1.807) is 55.1 Å². The molecule has 252 valence electrons. The first-order valence-corrected chi connectivity index (χ1v) is 17.5. The second-order valence-corrected chi connectivity index (χ2v) is 13.6. The maximum Gasteiger partial charge on any atom is 0.372 e. The maximum atomic E-state index is 14.7. The van der Waals surface area contributed by atoms with E-state index in [0.717, 1.165) is 5.69 Å². The number of amides is 1. The summed E-state index contributed by atoms with van der Waals surface area (Å²) in [5.41, 5.74) is 3.25. The number of anilines is 2. The number of furan rings is 2. The molecule has 1 N–H and O–H groups in total. The summed E-state index contributed by atoms with van der Waals surface area (Å²) in [6.07, 6.45) is 1.85. The Balaban J connectivity index is 1.67. The lowest BCUT2D eigenvalue weighted by atomic mass is 10.0. The van der Waals surface area contributed by atoms with E-state index >= 15 is 0 Å². The van der Waals surface area contributed by atoms with Gasteiger partial charge in [-0.2, -0.15) is 0 Å². The lowest BCUT2D eigenvalue weighted by molar-refractivity contribution is 0.0662. The molecule has 0 fully saturated rings. The number of nitrogens with zero attached hydrogens (tertiary/aromatic N) is 3. The summed E-state index contributed by atoms with van der Waals surface area (Å²) in [5.74, 6) is -1.24. The standard InChI is InChI=1S/C36H38ClN3O7S/c1-6-27-32(18-17-31-33(27)23(4)34(47-31)36(42)43)48(44,45)40(8-3)30-20-25(38(5)7-2)16-15-24(30)21-39(22-26-12-11-19-46-26)35(41)28-13-9-10-14-29(28)37/h9-20H,6-8,21-22H2,1-5H3,(H,42,43). The molecule has 0 radical (unpaired) electrons. The van der Waals surface area contributed by atoms with Gasteiger partial charge in [-0.25, -0.2) is 13.2 Å². The Morgan fingerprint density at radius 3 is 2.31 bits per heavy atom. The monoisotopic (exact) mass is 691 g/mol. The zero-order chi connectivity index (χ0) is 34.7. The minimum absolute atomic E-state index is 0.0463. The van der Waals surface area contributed by atoms with Crippen LogP contribution in [0.3, 0.4) is 0 Å². The van der Waals surface area contributed by atoms with Crippen molar-refractivity contribution in [3.05, 3.63) is 112 Å². The molecule has 0 aliphatic carbocycles. The molecule has 2 heterocycles. The highest BCUT2D eigenvalue weighted by Crippen LogP contribution is 2.37. The van der Waals surface area contributed by atoms with Crippen LogP contribution < -0.4 is 9.21 Å². The number of carboxylic acid groups (broad SMARTS) is 1. The van der Waals surface area contributed by atoms with Crippen molar-refractivity contribution in [1.29, 1.82) is 0 Å². The molecule has 5 rings (SSSR count). The first kappa shape index (κ1) is 34.6.